The highest BCUT2D eigenvalue weighted by Gasteiger charge is 2.27. The van der Waals surface area contributed by atoms with Crippen molar-refractivity contribution in [2.45, 2.75) is 45.6 Å². The Morgan fingerprint density at radius 1 is 1.41 bits per heavy atom. The van der Waals surface area contributed by atoms with Crippen molar-refractivity contribution in [3.63, 3.8) is 0 Å². The number of hydrogen-bond acceptors (Lipinski definition) is 4. The van der Waals surface area contributed by atoms with Gasteiger partial charge >= 0.3 is 6.09 Å². The van der Waals surface area contributed by atoms with E-state index in [1.54, 1.807) is 12.0 Å². The van der Waals surface area contributed by atoms with Crippen LogP contribution in [0.1, 0.15) is 40.0 Å². The van der Waals surface area contributed by atoms with Gasteiger partial charge in [-0.1, -0.05) is 6.07 Å². The van der Waals surface area contributed by atoms with E-state index in [2.05, 4.69) is 10.3 Å². The molecule has 0 saturated carbocycles. The molecule has 1 fully saturated rings. The van der Waals surface area contributed by atoms with Gasteiger partial charge in [-0.25, -0.2) is 4.79 Å². The van der Waals surface area contributed by atoms with Crippen molar-refractivity contribution < 1.29 is 14.3 Å². The average Bonchev–Trinajstić information content (AvgIpc) is 2.60. The van der Waals surface area contributed by atoms with Gasteiger partial charge in [-0.05, 0) is 58.1 Å². The molecular formula is C20H32N4O3. The second-order valence-corrected chi connectivity index (χ2v) is 7.85. The van der Waals surface area contributed by atoms with Gasteiger partial charge in [-0.2, -0.15) is 0 Å². The minimum Gasteiger partial charge on any atom is -0.497 e. The zero-order chi connectivity index (χ0) is 19.9. The molecule has 1 aromatic carbocycles. The lowest BCUT2D eigenvalue weighted by Gasteiger charge is -2.34. The zero-order valence-corrected chi connectivity index (χ0v) is 16.8. The molecule has 150 valence electrons. The molecule has 0 spiro atoms. The molecule has 1 saturated heterocycles. The Balaban J connectivity index is 1.79. The van der Waals surface area contributed by atoms with Gasteiger partial charge in [0.1, 0.15) is 11.4 Å². The lowest BCUT2D eigenvalue weighted by atomic mass is 9.95. The minimum atomic E-state index is -0.464. The topological polar surface area (TPSA) is 89.2 Å². The largest absolute Gasteiger partial charge is 0.497 e. The monoisotopic (exact) mass is 376 g/mol. The molecule has 1 heterocycles. The van der Waals surface area contributed by atoms with Gasteiger partial charge in [-0.3, -0.25) is 4.99 Å². The van der Waals surface area contributed by atoms with Gasteiger partial charge in [0.05, 0.1) is 7.11 Å². The Labute approximate surface area is 161 Å². The predicted octanol–water partition coefficient (Wildman–Crippen LogP) is 3.46. The van der Waals surface area contributed by atoms with Crippen molar-refractivity contribution in [2.75, 3.05) is 32.1 Å². The second kappa shape index (κ2) is 9.48. The van der Waals surface area contributed by atoms with Gasteiger partial charge in [-0.15, -0.1) is 0 Å². The van der Waals surface area contributed by atoms with Crippen LogP contribution in [0.25, 0.3) is 0 Å². The molecule has 0 aromatic heterocycles. The lowest BCUT2D eigenvalue weighted by molar-refractivity contribution is 0.0163. The van der Waals surface area contributed by atoms with Crippen LogP contribution in [-0.4, -0.2) is 49.3 Å². The summed E-state index contributed by atoms with van der Waals surface area (Å²) < 4.78 is 10.7. The molecule has 1 amide bonds. The molecule has 1 aromatic rings. The summed E-state index contributed by atoms with van der Waals surface area (Å²) in [6.07, 6.45) is 2.75. The Kier molecular flexibility index (Phi) is 7.33. The summed E-state index contributed by atoms with van der Waals surface area (Å²) in [4.78, 5) is 18.4. The summed E-state index contributed by atoms with van der Waals surface area (Å²) in [5, 5.41) is 3.07. The van der Waals surface area contributed by atoms with Crippen LogP contribution in [0.15, 0.2) is 29.3 Å². The molecule has 7 heteroatoms. The van der Waals surface area contributed by atoms with Crippen LogP contribution in [0.4, 0.5) is 10.5 Å². The number of methoxy groups -OCH3 is 1. The fraction of sp³-hybridized carbons (Fsp3) is 0.600. The first-order chi connectivity index (χ1) is 12.8. The smallest absolute Gasteiger partial charge is 0.410 e. The van der Waals surface area contributed by atoms with E-state index in [9.17, 15) is 4.79 Å². The number of ether oxygens (including phenoxy) is 2. The number of guanidine groups is 1. The van der Waals surface area contributed by atoms with E-state index in [1.165, 1.54) is 0 Å². The van der Waals surface area contributed by atoms with Crippen LogP contribution in [0.5, 0.6) is 5.75 Å². The van der Waals surface area contributed by atoms with Crippen molar-refractivity contribution in [1.29, 1.82) is 0 Å². The number of nitrogens with one attached hydrogen (secondary N) is 1. The van der Waals surface area contributed by atoms with E-state index in [0.29, 0.717) is 25.0 Å². The molecule has 1 unspecified atom stereocenters. The maximum atomic E-state index is 12.2. The predicted molar refractivity (Wildman–Crippen MR) is 108 cm³/mol. The minimum absolute atomic E-state index is 0.227. The van der Waals surface area contributed by atoms with Crippen molar-refractivity contribution in [2.24, 2.45) is 16.6 Å². The number of anilines is 1. The lowest BCUT2D eigenvalue weighted by Crippen LogP contribution is -2.43. The Hall–Kier alpha value is -2.44. The van der Waals surface area contributed by atoms with Crippen LogP contribution >= 0.6 is 0 Å². The number of piperidine rings is 1. The van der Waals surface area contributed by atoms with Crippen LogP contribution in [-0.2, 0) is 4.74 Å². The van der Waals surface area contributed by atoms with Gasteiger partial charge in [0, 0.05) is 31.4 Å². The molecule has 0 radical (unpaired) electrons. The van der Waals surface area contributed by atoms with Crippen LogP contribution < -0.4 is 15.8 Å². The van der Waals surface area contributed by atoms with Gasteiger partial charge in [0.15, 0.2) is 5.96 Å². The van der Waals surface area contributed by atoms with Gasteiger partial charge < -0.3 is 25.4 Å². The molecule has 1 aliphatic heterocycles. The SMILES string of the molecule is COc1cccc(NC(N)=NCCC2CCCN(C(=O)OC(C)(C)C)C2)c1. The summed E-state index contributed by atoms with van der Waals surface area (Å²) in [5.41, 5.74) is 6.34. The van der Waals surface area contributed by atoms with E-state index < -0.39 is 5.60 Å². The number of rotatable bonds is 5. The number of amides is 1. The molecule has 2 rings (SSSR count). The molecule has 0 bridgehead atoms. The number of nitrogens with zero attached hydrogens (tertiary/aromatic N) is 2. The average molecular weight is 377 g/mol. The maximum Gasteiger partial charge on any atom is 0.410 e. The van der Waals surface area contributed by atoms with Crippen LogP contribution in [0.2, 0.25) is 0 Å². The van der Waals surface area contributed by atoms with Crippen molar-refractivity contribution in [3.05, 3.63) is 24.3 Å². The first kappa shape index (κ1) is 20.9. The van der Waals surface area contributed by atoms with Crippen molar-refractivity contribution in [1.82, 2.24) is 4.90 Å². The molecule has 0 aliphatic carbocycles. The summed E-state index contributed by atoms with van der Waals surface area (Å²) in [6, 6.07) is 7.53. The zero-order valence-electron chi connectivity index (χ0n) is 16.8. The Morgan fingerprint density at radius 3 is 2.89 bits per heavy atom. The second-order valence-electron chi connectivity index (χ2n) is 7.85. The third kappa shape index (κ3) is 7.37. The van der Waals surface area contributed by atoms with Crippen molar-refractivity contribution in [3.8, 4) is 5.75 Å². The van der Waals surface area contributed by atoms with Crippen molar-refractivity contribution >= 4 is 17.7 Å². The highest BCUT2D eigenvalue weighted by atomic mass is 16.6. The molecule has 1 aliphatic rings. The summed E-state index contributed by atoms with van der Waals surface area (Å²) in [6.45, 7) is 7.76. The van der Waals surface area contributed by atoms with Crippen LogP contribution in [0, 0.1) is 5.92 Å². The molecule has 7 nitrogen and oxygen atoms in total. The Bertz CT molecular complexity index is 655. The molecule has 1 atom stereocenters. The number of likely N-dealkylation sites (tertiary alicyclic amines) is 1. The number of carbonyl (C=O) groups is 1. The molecule has 27 heavy (non-hydrogen) atoms. The standard InChI is InChI=1S/C20H32N4O3/c1-20(2,3)27-19(25)24-12-6-7-15(14-24)10-11-22-18(21)23-16-8-5-9-17(13-16)26-4/h5,8-9,13,15H,6-7,10-12,14H2,1-4H3,(H3,21,22,23). The summed E-state index contributed by atoms with van der Waals surface area (Å²) in [5.74, 6) is 1.56. The van der Waals surface area contributed by atoms with Gasteiger partial charge in [0.2, 0.25) is 0 Å². The van der Waals surface area contributed by atoms with E-state index in [0.717, 1.165) is 37.2 Å². The van der Waals surface area contributed by atoms with Crippen LogP contribution in [0.3, 0.4) is 0 Å². The van der Waals surface area contributed by atoms with E-state index >= 15 is 0 Å². The Morgan fingerprint density at radius 2 is 2.19 bits per heavy atom. The molecular weight excluding hydrogens is 344 g/mol. The fourth-order valence-electron chi connectivity index (χ4n) is 3.05. The highest BCUT2D eigenvalue weighted by molar-refractivity contribution is 5.92. The number of aliphatic imine (C=N–C) groups is 1. The first-order valence-electron chi connectivity index (χ1n) is 9.46. The summed E-state index contributed by atoms with van der Waals surface area (Å²) in [7, 11) is 1.63. The highest BCUT2D eigenvalue weighted by Crippen LogP contribution is 2.22. The third-order valence-corrected chi connectivity index (χ3v) is 4.33. The van der Waals surface area contributed by atoms with Gasteiger partial charge in [0.25, 0.3) is 0 Å². The third-order valence-electron chi connectivity index (χ3n) is 4.33. The first-order valence-corrected chi connectivity index (χ1v) is 9.46. The van der Waals surface area contributed by atoms with E-state index in [4.69, 9.17) is 15.2 Å². The number of benzene rings is 1. The van der Waals surface area contributed by atoms with E-state index in [-0.39, 0.29) is 6.09 Å². The number of carbonyl (C=O) groups excluding carboxylic acids is 1. The molecule has 3 N–H and O–H groups in total. The fourth-order valence-corrected chi connectivity index (χ4v) is 3.05. The van der Waals surface area contributed by atoms with E-state index in [1.807, 2.05) is 45.0 Å². The normalized spacial score (nSPS) is 18.1. The maximum absolute atomic E-state index is 12.2. The number of hydrogen-bond donors (Lipinski definition) is 2. The quantitative estimate of drug-likeness (QED) is 0.607. The number of nitrogens with two attached hydrogens (primary N) is 1. The summed E-state index contributed by atoms with van der Waals surface area (Å²) >= 11 is 0.